The molecule has 0 aromatic rings. The van der Waals surface area contributed by atoms with Crippen molar-refractivity contribution in [1.82, 2.24) is 0 Å². The summed E-state index contributed by atoms with van der Waals surface area (Å²) in [7, 11) is 0. The molecule has 0 amide bonds. The minimum atomic E-state index is 0.616. The van der Waals surface area contributed by atoms with Crippen LogP contribution in [-0.4, -0.2) is 24.2 Å². The molecule has 0 saturated carbocycles. The zero-order valence-electron chi connectivity index (χ0n) is 8.76. The number of unbranched alkanes of at least 4 members (excludes halogenated alkanes) is 5. The van der Waals surface area contributed by atoms with E-state index in [4.69, 9.17) is 4.74 Å². The molecule has 1 atom stereocenters. The molecule has 1 nitrogen and oxygen atoms in total. The molecular weight excluding hydrogens is 180 g/mol. The third-order valence-electron chi connectivity index (χ3n) is 2.35. The lowest BCUT2D eigenvalue weighted by molar-refractivity contribution is 0.426. The highest BCUT2D eigenvalue weighted by Gasteiger charge is 2.21. The first-order valence-electron chi connectivity index (χ1n) is 5.63. The molecule has 0 aromatic carbocycles. The van der Waals surface area contributed by atoms with Gasteiger partial charge in [0.15, 0.2) is 0 Å². The Morgan fingerprint density at radius 3 is 2.54 bits per heavy atom. The van der Waals surface area contributed by atoms with Crippen LogP contribution in [0, 0.1) is 0 Å². The van der Waals surface area contributed by atoms with Crippen LogP contribution in [0.15, 0.2) is 0 Å². The predicted octanol–water partition coefficient (Wildman–Crippen LogP) is 3.48. The van der Waals surface area contributed by atoms with Crippen molar-refractivity contribution in [2.24, 2.45) is 0 Å². The van der Waals surface area contributed by atoms with Gasteiger partial charge in [-0.15, -0.1) is 0 Å². The van der Waals surface area contributed by atoms with E-state index in [1.54, 1.807) is 0 Å². The Labute approximate surface area is 86.6 Å². The molecule has 0 bridgehead atoms. The number of ether oxygens (including phenoxy) is 1. The molecule has 0 aromatic heterocycles. The highest BCUT2D eigenvalue weighted by molar-refractivity contribution is 7.99. The summed E-state index contributed by atoms with van der Waals surface area (Å²) in [4.78, 5) is 0. The van der Waals surface area contributed by atoms with Gasteiger partial charge in [0, 0.05) is 5.75 Å². The maximum absolute atomic E-state index is 5.15. The lowest BCUT2D eigenvalue weighted by atomic mass is 10.1. The van der Waals surface area contributed by atoms with E-state index in [9.17, 15) is 0 Å². The Kier molecular flexibility index (Phi) is 6.73. The summed E-state index contributed by atoms with van der Waals surface area (Å²) in [6.07, 6.45) is 9.10. The second kappa shape index (κ2) is 7.69. The number of hydrogen-bond donors (Lipinski definition) is 0. The van der Waals surface area contributed by atoms with E-state index in [1.165, 1.54) is 50.0 Å². The number of epoxide rings is 1. The number of thioether (sulfide) groups is 1. The van der Waals surface area contributed by atoms with Crippen molar-refractivity contribution in [1.29, 1.82) is 0 Å². The molecule has 1 saturated heterocycles. The highest BCUT2D eigenvalue weighted by Crippen LogP contribution is 2.17. The maximum atomic E-state index is 5.15. The Morgan fingerprint density at radius 1 is 1.15 bits per heavy atom. The van der Waals surface area contributed by atoms with Crippen LogP contribution in [0.1, 0.15) is 45.4 Å². The molecular formula is C11H22OS. The smallest absolute Gasteiger partial charge is 0.0900 e. The Morgan fingerprint density at radius 2 is 1.85 bits per heavy atom. The fourth-order valence-corrected chi connectivity index (χ4v) is 2.39. The third kappa shape index (κ3) is 7.39. The van der Waals surface area contributed by atoms with Crippen LogP contribution >= 0.6 is 11.8 Å². The molecule has 0 aliphatic carbocycles. The summed E-state index contributed by atoms with van der Waals surface area (Å²) >= 11 is 2.06. The van der Waals surface area contributed by atoms with Gasteiger partial charge in [-0.2, -0.15) is 11.8 Å². The Hall–Kier alpha value is 0.310. The summed E-state index contributed by atoms with van der Waals surface area (Å²) in [5.41, 5.74) is 0. The lowest BCUT2D eigenvalue weighted by Crippen LogP contribution is -1.91. The molecule has 78 valence electrons. The van der Waals surface area contributed by atoms with E-state index < -0.39 is 0 Å². The zero-order valence-corrected chi connectivity index (χ0v) is 9.57. The maximum Gasteiger partial charge on any atom is 0.0900 e. The van der Waals surface area contributed by atoms with Crippen LogP contribution in [0.2, 0.25) is 0 Å². The fourth-order valence-electron chi connectivity index (χ4n) is 1.36. The highest BCUT2D eigenvalue weighted by atomic mass is 32.2. The van der Waals surface area contributed by atoms with Gasteiger partial charge in [0.05, 0.1) is 12.7 Å². The zero-order chi connectivity index (χ0) is 9.36. The van der Waals surface area contributed by atoms with Crippen LogP contribution in [0.3, 0.4) is 0 Å². The van der Waals surface area contributed by atoms with E-state index in [-0.39, 0.29) is 0 Å². The van der Waals surface area contributed by atoms with E-state index in [0.29, 0.717) is 6.10 Å². The first-order valence-corrected chi connectivity index (χ1v) is 6.78. The van der Waals surface area contributed by atoms with Crippen molar-refractivity contribution < 1.29 is 4.74 Å². The molecule has 1 unspecified atom stereocenters. The third-order valence-corrected chi connectivity index (χ3v) is 3.53. The van der Waals surface area contributed by atoms with Crippen molar-refractivity contribution in [3.05, 3.63) is 0 Å². The average Bonchev–Trinajstić information content (AvgIpc) is 2.93. The summed E-state index contributed by atoms with van der Waals surface area (Å²) in [6, 6.07) is 0. The van der Waals surface area contributed by atoms with Gasteiger partial charge in [-0.05, 0) is 12.2 Å². The van der Waals surface area contributed by atoms with Crippen LogP contribution in [0.25, 0.3) is 0 Å². The minimum Gasteiger partial charge on any atom is -0.372 e. The Balaban J connectivity index is 1.63. The minimum absolute atomic E-state index is 0.616. The van der Waals surface area contributed by atoms with Crippen LogP contribution in [-0.2, 0) is 4.74 Å². The van der Waals surface area contributed by atoms with E-state index in [1.807, 2.05) is 0 Å². The summed E-state index contributed by atoms with van der Waals surface area (Å²) in [6.45, 7) is 3.29. The standard InChI is InChI=1S/C11H22OS/c1-2-3-4-5-6-7-8-13-10-11-9-12-11/h11H,2-10H2,1H3. The second-order valence-electron chi connectivity index (χ2n) is 3.80. The first-order chi connectivity index (χ1) is 6.43. The van der Waals surface area contributed by atoms with E-state index in [2.05, 4.69) is 18.7 Å². The van der Waals surface area contributed by atoms with Crippen molar-refractivity contribution >= 4 is 11.8 Å². The molecule has 1 aliphatic rings. The average molecular weight is 202 g/mol. The van der Waals surface area contributed by atoms with Gasteiger partial charge in [0.1, 0.15) is 0 Å². The molecule has 0 N–H and O–H groups in total. The Bertz CT molecular complexity index is 113. The fraction of sp³-hybridized carbons (Fsp3) is 1.00. The molecule has 2 heteroatoms. The molecule has 0 spiro atoms. The molecule has 1 aliphatic heterocycles. The van der Waals surface area contributed by atoms with Gasteiger partial charge < -0.3 is 4.74 Å². The molecule has 0 radical (unpaired) electrons. The number of hydrogen-bond acceptors (Lipinski definition) is 2. The summed E-state index contributed by atoms with van der Waals surface area (Å²) in [5, 5.41) is 0. The van der Waals surface area contributed by atoms with Gasteiger partial charge in [-0.3, -0.25) is 0 Å². The van der Waals surface area contributed by atoms with Crippen molar-refractivity contribution in [2.75, 3.05) is 18.1 Å². The number of rotatable bonds is 9. The van der Waals surface area contributed by atoms with Gasteiger partial charge >= 0.3 is 0 Å². The monoisotopic (exact) mass is 202 g/mol. The predicted molar refractivity (Wildman–Crippen MR) is 60.4 cm³/mol. The van der Waals surface area contributed by atoms with Gasteiger partial charge in [-0.1, -0.05) is 39.0 Å². The van der Waals surface area contributed by atoms with Crippen molar-refractivity contribution in [2.45, 2.75) is 51.6 Å². The van der Waals surface area contributed by atoms with Gasteiger partial charge in [0.2, 0.25) is 0 Å². The SMILES string of the molecule is CCCCCCCCSCC1CO1. The summed E-state index contributed by atoms with van der Waals surface area (Å²) < 4.78 is 5.15. The van der Waals surface area contributed by atoms with E-state index in [0.717, 1.165) is 6.61 Å². The summed E-state index contributed by atoms with van der Waals surface area (Å²) in [5.74, 6) is 2.57. The van der Waals surface area contributed by atoms with Crippen LogP contribution in [0.5, 0.6) is 0 Å². The van der Waals surface area contributed by atoms with E-state index >= 15 is 0 Å². The molecule has 1 heterocycles. The normalized spacial score (nSPS) is 20.5. The van der Waals surface area contributed by atoms with Gasteiger partial charge in [0.25, 0.3) is 0 Å². The molecule has 13 heavy (non-hydrogen) atoms. The van der Waals surface area contributed by atoms with Crippen molar-refractivity contribution in [3.63, 3.8) is 0 Å². The second-order valence-corrected chi connectivity index (χ2v) is 4.95. The van der Waals surface area contributed by atoms with Crippen LogP contribution < -0.4 is 0 Å². The van der Waals surface area contributed by atoms with Crippen molar-refractivity contribution in [3.8, 4) is 0 Å². The first kappa shape index (κ1) is 11.4. The van der Waals surface area contributed by atoms with Gasteiger partial charge in [-0.25, -0.2) is 0 Å². The topological polar surface area (TPSA) is 12.5 Å². The van der Waals surface area contributed by atoms with Crippen LogP contribution in [0.4, 0.5) is 0 Å². The molecule has 1 fully saturated rings. The quantitative estimate of drug-likeness (QED) is 0.419. The largest absolute Gasteiger partial charge is 0.372 e. The lowest BCUT2D eigenvalue weighted by Gasteiger charge is -2.00. The molecule has 1 rings (SSSR count).